The van der Waals surface area contributed by atoms with Crippen LogP contribution < -0.4 is 8.92 Å². The Labute approximate surface area is 243 Å². The number of hydrogen-bond acceptors (Lipinski definition) is 7. The third-order valence-corrected chi connectivity index (χ3v) is 9.20. The van der Waals surface area contributed by atoms with Gasteiger partial charge in [0.1, 0.15) is 16.5 Å². The Kier molecular flexibility index (Phi) is 8.82. The molecule has 0 spiro atoms. The second-order valence-corrected chi connectivity index (χ2v) is 13.2. The molecule has 1 aromatic heterocycles. The van der Waals surface area contributed by atoms with Crippen molar-refractivity contribution in [3.05, 3.63) is 52.3 Å². The van der Waals surface area contributed by atoms with E-state index in [2.05, 4.69) is 23.8 Å². The van der Waals surface area contributed by atoms with Gasteiger partial charge in [-0.1, -0.05) is 53.7 Å². The number of likely N-dealkylation sites (tertiary alicyclic amines) is 1. The number of carbonyl (C=O) groups is 1. The molecular formula is C31H41N3O6S. The van der Waals surface area contributed by atoms with Crippen LogP contribution in [-0.4, -0.2) is 54.7 Å². The minimum atomic E-state index is -4.28. The quantitative estimate of drug-likeness (QED) is 0.283. The summed E-state index contributed by atoms with van der Waals surface area (Å²) in [5.74, 6) is 1.14. The molecule has 1 amide bonds. The molecule has 0 saturated carbocycles. The highest BCUT2D eigenvalue weighted by atomic mass is 32.2. The molecule has 4 rings (SSSR count). The van der Waals surface area contributed by atoms with Crippen molar-refractivity contribution in [1.29, 1.82) is 0 Å². The smallest absolute Gasteiger partial charge is 0.407 e. The lowest BCUT2D eigenvalue weighted by Gasteiger charge is -2.31. The van der Waals surface area contributed by atoms with Crippen molar-refractivity contribution in [1.82, 2.24) is 14.9 Å². The number of nitrogens with zero attached hydrogens (tertiary/aromatic N) is 3. The summed E-state index contributed by atoms with van der Waals surface area (Å²) >= 11 is 0. The standard InChI is InChI=1S/C31H41N3O6S/c1-17(2)22-13-23(18(3)4)29(24(14-22)19(5)6)41(37,38)40-30-26-15-25(21-9-11-34(12-10-21)31(35)36)28(39-8)16-27(26)32-20(7)33-30/h13-19,21H,9-12H2,1-8H3,(H,35,36). The van der Waals surface area contributed by atoms with Crippen LogP contribution in [0.5, 0.6) is 11.6 Å². The Hall–Kier alpha value is -3.40. The van der Waals surface area contributed by atoms with Gasteiger partial charge in [-0.25, -0.2) is 9.78 Å². The lowest BCUT2D eigenvalue weighted by atomic mass is 9.88. The molecule has 1 aliphatic rings. The van der Waals surface area contributed by atoms with E-state index in [9.17, 15) is 18.3 Å². The van der Waals surface area contributed by atoms with Crippen LogP contribution in [0.2, 0.25) is 0 Å². The van der Waals surface area contributed by atoms with Gasteiger partial charge in [0.2, 0.25) is 5.88 Å². The molecule has 10 heteroatoms. The molecule has 1 fully saturated rings. The molecule has 0 bridgehead atoms. The summed E-state index contributed by atoms with van der Waals surface area (Å²) in [6.07, 6.45) is 0.307. The van der Waals surface area contributed by atoms with Crippen LogP contribution >= 0.6 is 0 Å². The first kappa shape index (κ1) is 30.6. The fourth-order valence-electron chi connectivity index (χ4n) is 5.52. The highest BCUT2D eigenvalue weighted by Gasteiger charge is 2.31. The number of rotatable bonds is 8. The van der Waals surface area contributed by atoms with E-state index >= 15 is 0 Å². The predicted octanol–water partition coefficient (Wildman–Crippen LogP) is 6.94. The Morgan fingerprint density at radius 3 is 2.02 bits per heavy atom. The molecule has 41 heavy (non-hydrogen) atoms. The molecule has 9 nitrogen and oxygen atoms in total. The predicted molar refractivity (Wildman–Crippen MR) is 159 cm³/mol. The van der Waals surface area contributed by atoms with Crippen molar-refractivity contribution in [2.75, 3.05) is 20.2 Å². The van der Waals surface area contributed by atoms with E-state index in [0.29, 0.717) is 48.4 Å². The van der Waals surface area contributed by atoms with Crippen LogP contribution in [0.15, 0.2) is 29.2 Å². The topological polar surface area (TPSA) is 119 Å². The largest absolute Gasteiger partial charge is 0.496 e. The molecule has 222 valence electrons. The Balaban J connectivity index is 1.85. The number of fused-ring (bicyclic) bond motifs is 1. The van der Waals surface area contributed by atoms with Crippen LogP contribution in [0.4, 0.5) is 4.79 Å². The maximum atomic E-state index is 14.1. The van der Waals surface area contributed by atoms with Crippen molar-refractivity contribution >= 4 is 27.1 Å². The maximum Gasteiger partial charge on any atom is 0.407 e. The maximum absolute atomic E-state index is 14.1. The van der Waals surface area contributed by atoms with Gasteiger partial charge in [-0.15, -0.1) is 0 Å². The van der Waals surface area contributed by atoms with Crippen LogP contribution in [0.3, 0.4) is 0 Å². The van der Waals surface area contributed by atoms with Gasteiger partial charge in [0.15, 0.2) is 0 Å². The second-order valence-electron chi connectivity index (χ2n) is 11.8. The molecular weight excluding hydrogens is 542 g/mol. The SMILES string of the molecule is COc1cc2nc(C)nc(OS(=O)(=O)c3c(C(C)C)cc(C(C)C)cc3C(C)C)c2cc1C1CCN(C(=O)O)CC1. The first-order valence-electron chi connectivity index (χ1n) is 14.2. The van der Waals surface area contributed by atoms with Crippen LogP contribution in [-0.2, 0) is 10.1 Å². The number of benzene rings is 2. The summed E-state index contributed by atoms with van der Waals surface area (Å²) in [6, 6.07) is 7.58. The number of piperidine rings is 1. The second kappa shape index (κ2) is 11.8. The Morgan fingerprint density at radius 2 is 1.54 bits per heavy atom. The van der Waals surface area contributed by atoms with Gasteiger partial charge in [-0.3, -0.25) is 0 Å². The zero-order valence-electron chi connectivity index (χ0n) is 25.2. The number of aryl methyl sites for hydroxylation is 1. The molecule has 0 unspecified atom stereocenters. The average Bonchev–Trinajstić information content (AvgIpc) is 2.91. The fraction of sp³-hybridized carbons (Fsp3) is 0.516. The van der Waals surface area contributed by atoms with E-state index in [1.54, 1.807) is 20.1 Å². The van der Waals surface area contributed by atoms with Crippen molar-refractivity contribution in [3.63, 3.8) is 0 Å². The van der Waals surface area contributed by atoms with Gasteiger partial charge in [0.25, 0.3) is 0 Å². The third kappa shape index (κ3) is 6.27. The Bertz CT molecular complexity index is 1530. The molecule has 1 aliphatic heterocycles. The highest BCUT2D eigenvalue weighted by Crippen LogP contribution is 2.40. The van der Waals surface area contributed by atoms with Crippen molar-refractivity contribution in [2.24, 2.45) is 0 Å². The van der Waals surface area contributed by atoms with Crippen molar-refractivity contribution < 1.29 is 27.2 Å². The molecule has 2 heterocycles. The fourth-order valence-corrected chi connectivity index (χ4v) is 7.11. The number of carboxylic acid groups (broad SMARTS) is 1. The number of hydrogen-bond donors (Lipinski definition) is 1. The summed E-state index contributed by atoms with van der Waals surface area (Å²) in [4.78, 5) is 22.0. The van der Waals surface area contributed by atoms with Gasteiger partial charge in [-0.05, 0) is 71.8 Å². The lowest BCUT2D eigenvalue weighted by Crippen LogP contribution is -2.36. The molecule has 0 aliphatic carbocycles. The average molecular weight is 584 g/mol. The zero-order chi connectivity index (χ0) is 30.2. The Morgan fingerprint density at radius 1 is 0.951 bits per heavy atom. The lowest BCUT2D eigenvalue weighted by molar-refractivity contribution is 0.132. The molecule has 0 atom stereocenters. The molecule has 0 radical (unpaired) electrons. The van der Waals surface area contributed by atoms with Crippen LogP contribution in [0.1, 0.15) is 106 Å². The number of methoxy groups -OCH3 is 1. The zero-order valence-corrected chi connectivity index (χ0v) is 26.0. The van der Waals surface area contributed by atoms with Crippen LogP contribution in [0.25, 0.3) is 10.9 Å². The third-order valence-electron chi connectivity index (χ3n) is 7.85. The first-order chi connectivity index (χ1) is 19.2. The van der Waals surface area contributed by atoms with E-state index in [-0.39, 0.29) is 34.4 Å². The van der Waals surface area contributed by atoms with Gasteiger partial charge in [0.05, 0.1) is 18.0 Å². The summed E-state index contributed by atoms with van der Waals surface area (Å²) in [5, 5.41) is 9.83. The summed E-state index contributed by atoms with van der Waals surface area (Å²) < 4.78 is 39.9. The number of aromatic nitrogens is 2. The van der Waals surface area contributed by atoms with Crippen molar-refractivity contribution in [3.8, 4) is 11.6 Å². The highest BCUT2D eigenvalue weighted by molar-refractivity contribution is 7.87. The molecule has 2 aromatic carbocycles. The van der Waals surface area contributed by atoms with Crippen LogP contribution in [0, 0.1) is 6.92 Å². The molecule has 1 N–H and O–H groups in total. The van der Waals surface area contributed by atoms with E-state index in [1.165, 1.54) is 4.90 Å². The van der Waals surface area contributed by atoms with Gasteiger partial charge >= 0.3 is 16.2 Å². The minimum absolute atomic E-state index is 0.0272. The van der Waals surface area contributed by atoms with Gasteiger partial charge in [-0.2, -0.15) is 13.4 Å². The van der Waals surface area contributed by atoms with Gasteiger partial charge in [0, 0.05) is 19.2 Å². The van der Waals surface area contributed by atoms with E-state index in [0.717, 1.165) is 22.3 Å². The normalized spacial score (nSPS) is 14.9. The molecule has 3 aromatic rings. The van der Waals surface area contributed by atoms with E-state index in [1.807, 2.05) is 45.9 Å². The summed E-state index contributed by atoms with van der Waals surface area (Å²) in [5.41, 5.74) is 3.90. The van der Waals surface area contributed by atoms with Gasteiger partial charge < -0.3 is 18.9 Å². The van der Waals surface area contributed by atoms with Crippen molar-refractivity contribution in [2.45, 2.75) is 89.9 Å². The number of amides is 1. The first-order valence-corrected chi connectivity index (χ1v) is 15.6. The van der Waals surface area contributed by atoms with E-state index in [4.69, 9.17) is 8.92 Å². The summed E-state index contributed by atoms with van der Waals surface area (Å²) in [7, 11) is -2.70. The summed E-state index contributed by atoms with van der Waals surface area (Å²) in [6.45, 7) is 14.7. The number of ether oxygens (including phenoxy) is 1. The van der Waals surface area contributed by atoms with E-state index < -0.39 is 16.2 Å². The molecule has 1 saturated heterocycles. The monoisotopic (exact) mass is 583 g/mol. The minimum Gasteiger partial charge on any atom is -0.496 e.